The first-order chi connectivity index (χ1) is 9.83. The van der Waals surface area contributed by atoms with Gasteiger partial charge in [0.1, 0.15) is 6.61 Å². The van der Waals surface area contributed by atoms with Crippen molar-refractivity contribution >= 4 is 22.9 Å². The van der Waals surface area contributed by atoms with Crippen LogP contribution in [0.5, 0.6) is 5.75 Å². The smallest absolute Gasteiger partial charge is 0.165 e. The average Bonchev–Trinajstić information content (AvgIpc) is 2.80. The summed E-state index contributed by atoms with van der Waals surface area (Å²) in [6.07, 6.45) is 0. The molecule has 0 aliphatic carbocycles. The molecule has 1 N–H and O–H groups in total. The number of halogens is 2. The van der Waals surface area contributed by atoms with E-state index < -0.39 is 0 Å². The van der Waals surface area contributed by atoms with Crippen LogP contribution in [0.3, 0.4) is 0 Å². The Balaban J connectivity index is 1.95. The minimum absolute atomic E-state index is 0.00405. The molecule has 1 aromatic carbocycles. The van der Waals surface area contributed by atoms with Gasteiger partial charge in [-0.3, -0.25) is 0 Å². The molecule has 1 heterocycles. The molecule has 0 atom stereocenters. The summed E-state index contributed by atoms with van der Waals surface area (Å²) in [4.78, 5) is 0.970. The van der Waals surface area contributed by atoms with E-state index in [0.717, 1.165) is 10.4 Å². The Hall–Kier alpha value is -1.10. The molecule has 0 saturated heterocycles. The highest BCUT2D eigenvalue weighted by atomic mass is 35.5. The zero-order chi connectivity index (χ0) is 15.5. The Kier molecular flexibility index (Phi) is 5.25. The molecular formula is C16H19ClFNOS. The summed E-state index contributed by atoms with van der Waals surface area (Å²) in [5.74, 6) is -0.0788. The number of benzene rings is 1. The van der Waals surface area contributed by atoms with Gasteiger partial charge in [0, 0.05) is 17.0 Å². The molecular weight excluding hydrogens is 309 g/mol. The van der Waals surface area contributed by atoms with E-state index in [0.29, 0.717) is 17.5 Å². The molecule has 114 valence electrons. The van der Waals surface area contributed by atoms with Crippen LogP contribution in [0, 0.1) is 5.82 Å². The molecule has 2 aromatic rings. The molecule has 0 radical (unpaired) electrons. The highest BCUT2D eigenvalue weighted by Gasteiger charge is 2.10. The molecule has 0 bridgehead atoms. The summed E-state index contributed by atoms with van der Waals surface area (Å²) in [7, 11) is 0. The maximum absolute atomic E-state index is 14.0. The Bertz CT molecular complexity index is 607. The largest absolute Gasteiger partial charge is 0.485 e. The molecule has 0 amide bonds. The minimum Gasteiger partial charge on any atom is -0.485 e. The van der Waals surface area contributed by atoms with E-state index in [4.69, 9.17) is 16.3 Å². The quantitative estimate of drug-likeness (QED) is 0.833. The third-order valence-electron chi connectivity index (χ3n) is 2.82. The Labute approximate surface area is 133 Å². The minimum atomic E-state index is -0.342. The van der Waals surface area contributed by atoms with Crippen molar-refractivity contribution in [1.82, 2.24) is 5.32 Å². The number of ether oxygens (including phenoxy) is 1. The summed E-state index contributed by atoms with van der Waals surface area (Å²) in [5, 5.41) is 3.32. The van der Waals surface area contributed by atoms with Gasteiger partial charge in [-0.15, -0.1) is 11.3 Å². The second kappa shape index (κ2) is 6.77. The van der Waals surface area contributed by atoms with Crippen molar-refractivity contribution in [2.24, 2.45) is 0 Å². The van der Waals surface area contributed by atoms with E-state index in [-0.39, 0.29) is 17.1 Å². The Morgan fingerprint density at radius 3 is 2.57 bits per heavy atom. The van der Waals surface area contributed by atoms with Crippen molar-refractivity contribution in [1.29, 1.82) is 0 Å². The zero-order valence-corrected chi connectivity index (χ0v) is 13.9. The van der Waals surface area contributed by atoms with Gasteiger partial charge in [-0.05, 0) is 50.6 Å². The number of hydrogen-bond donors (Lipinski definition) is 1. The number of thiophene rings is 1. The van der Waals surface area contributed by atoms with Crippen LogP contribution >= 0.6 is 22.9 Å². The van der Waals surface area contributed by atoms with Gasteiger partial charge in [-0.2, -0.15) is 0 Å². The molecule has 0 unspecified atom stereocenters. The zero-order valence-electron chi connectivity index (χ0n) is 12.4. The Morgan fingerprint density at radius 1 is 1.24 bits per heavy atom. The van der Waals surface area contributed by atoms with Crippen molar-refractivity contribution in [3.05, 3.63) is 50.9 Å². The molecule has 5 heteroatoms. The predicted molar refractivity (Wildman–Crippen MR) is 86.7 cm³/mol. The van der Waals surface area contributed by atoms with E-state index in [1.54, 1.807) is 6.07 Å². The van der Waals surface area contributed by atoms with Crippen LogP contribution in [0.25, 0.3) is 0 Å². The van der Waals surface area contributed by atoms with Gasteiger partial charge in [-0.25, -0.2) is 4.39 Å². The maximum Gasteiger partial charge on any atom is 0.165 e. The fourth-order valence-corrected chi connectivity index (χ4v) is 2.72. The van der Waals surface area contributed by atoms with Gasteiger partial charge in [-0.1, -0.05) is 17.7 Å². The summed E-state index contributed by atoms with van der Waals surface area (Å²) < 4.78 is 20.2. The number of hydrogen-bond acceptors (Lipinski definition) is 3. The first kappa shape index (κ1) is 16.3. The van der Waals surface area contributed by atoms with Gasteiger partial charge in [0.15, 0.2) is 11.6 Å². The number of nitrogens with one attached hydrogen (secondary N) is 1. The lowest BCUT2D eigenvalue weighted by Gasteiger charge is -2.20. The van der Waals surface area contributed by atoms with Gasteiger partial charge >= 0.3 is 0 Å². The summed E-state index contributed by atoms with van der Waals surface area (Å²) in [6, 6.07) is 8.74. The van der Waals surface area contributed by atoms with Gasteiger partial charge < -0.3 is 10.1 Å². The second-order valence-electron chi connectivity index (χ2n) is 5.86. The highest BCUT2D eigenvalue weighted by molar-refractivity contribution is 7.16. The lowest BCUT2D eigenvalue weighted by Crippen LogP contribution is -2.35. The molecule has 2 rings (SSSR count). The number of rotatable bonds is 5. The van der Waals surface area contributed by atoms with Crippen molar-refractivity contribution < 1.29 is 9.13 Å². The standard InChI is InChI=1S/C16H19ClFNOS/c1-16(2,3)19-9-11-4-6-14(13(18)8-11)20-10-12-5-7-15(17)21-12/h4-8,19H,9-10H2,1-3H3. The van der Waals surface area contributed by atoms with Crippen molar-refractivity contribution in [2.75, 3.05) is 0 Å². The lowest BCUT2D eigenvalue weighted by atomic mass is 10.1. The topological polar surface area (TPSA) is 21.3 Å². The first-order valence-corrected chi connectivity index (χ1v) is 7.93. The predicted octanol–water partition coefficient (Wildman–Crippen LogP) is 5.01. The molecule has 0 aliphatic heterocycles. The van der Waals surface area contributed by atoms with Crippen molar-refractivity contribution in [3.63, 3.8) is 0 Å². The van der Waals surface area contributed by atoms with Gasteiger partial charge in [0.2, 0.25) is 0 Å². The van der Waals surface area contributed by atoms with Crippen molar-refractivity contribution in [3.8, 4) is 5.75 Å². The first-order valence-electron chi connectivity index (χ1n) is 6.74. The monoisotopic (exact) mass is 327 g/mol. The second-order valence-corrected chi connectivity index (χ2v) is 7.66. The molecule has 0 spiro atoms. The third-order valence-corrected chi connectivity index (χ3v) is 4.02. The van der Waals surface area contributed by atoms with E-state index in [1.165, 1.54) is 17.4 Å². The molecule has 21 heavy (non-hydrogen) atoms. The fraction of sp³-hybridized carbons (Fsp3) is 0.375. The van der Waals surface area contributed by atoms with Crippen LogP contribution in [0.2, 0.25) is 4.34 Å². The highest BCUT2D eigenvalue weighted by Crippen LogP contribution is 2.24. The van der Waals surface area contributed by atoms with Crippen LogP contribution in [-0.2, 0) is 13.2 Å². The summed E-state index contributed by atoms with van der Waals surface area (Å²) in [5.41, 5.74) is 0.901. The van der Waals surface area contributed by atoms with Crippen LogP contribution < -0.4 is 10.1 Å². The third kappa shape index (κ3) is 5.30. The van der Waals surface area contributed by atoms with E-state index in [9.17, 15) is 4.39 Å². The summed E-state index contributed by atoms with van der Waals surface area (Å²) >= 11 is 7.28. The average molecular weight is 328 g/mol. The van der Waals surface area contributed by atoms with Crippen LogP contribution in [0.1, 0.15) is 31.2 Å². The van der Waals surface area contributed by atoms with E-state index in [2.05, 4.69) is 26.1 Å². The molecule has 0 fully saturated rings. The van der Waals surface area contributed by atoms with Crippen LogP contribution in [0.4, 0.5) is 4.39 Å². The fourth-order valence-electron chi connectivity index (χ4n) is 1.72. The van der Waals surface area contributed by atoms with E-state index in [1.807, 2.05) is 18.2 Å². The van der Waals surface area contributed by atoms with Crippen molar-refractivity contribution in [2.45, 2.75) is 39.5 Å². The molecule has 2 nitrogen and oxygen atoms in total. The van der Waals surface area contributed by atoms with Gasteiger partial charge in [0.05, 0.1) is 4.34 Å². The molecule has 1 aromatic heterocycles. The van der Waals surface area contributed by atoms with E-state index >= 15 is 0 Å². The molecule has 0 saturated carbocycles. The van der Waals surface area contributed by atoms with Crippen LogP contribution in [-0.4, -0.2) is 5.54 Å². The van der Waals surface area contributed by atoms with Crippen LogP contribution in [0.15, 0.2) is 30.3 Å². The van der Waals surface area contributed by atoms with Gasteiger partial charge in [0.25, 0.3) is 0 Å². The lowest BCUT2D eigenvalue weighted by molar-refractivity contribution is 0.293. The SMILES string of the molecule is CC(C)(C)NCc1ccc(OCc2ccc(Cl)s2)c(F)c1. The Morgan fingerprint density at radius 2 is 2.00 bits per heavy atom. The maximum atomic E-state index is 14.0. The molecule has 0 aliphatic rings. The summed E-state index contributed by atoms with van der Waals surface area (Å²) in [6.45, 7) is 7.18. The normalized spacial score (nSPS) is 11.7.